The predicted octanol–water partition coefficient (Wildman–Crippen LogP) is 3.68. The van der Waals surface area contributed by atoms with Crippen LogP contribution in [-0.4, -0.2) is 36.1 Å². The van der Waals surface area contributed by atoms with E-state index in [0.29, 0.717) is 68.4 Å². The van der Waals surface area contributed by atoms with Crippen LogP contribution in [0.3, 0.4) is 0 Å². The zero-order valence-electron chi connectivity index (χ0n) is 18.5. The second-order valence-corrected chi connectivity index (χ2v) is 8.73. The summed E-state index contributed by atoms with van der Waals surface area (Å²) in [5.41, 5.74) is 0.664. The molecule has 0 spiro atoms. The lowest BCUT2D eigenvalue weighted by Crippen LogP contribution is -2.29. The lowest BCUT2D eigenvalue weighted by molar-refractivity contribution is -0.149. The van der Waals surface area contributed by atoms with Gasteiger partial charge in [-0.1, -0.05) is 0 Å². The van der Waals surface area contributed by atoms with Crippen molar-refractivity contribution >= 4 is 23.9 Å². The maximum atomic E-state index is 12.5. The number of aliphatic carboxylic acids is 1. The minimum atomic E-state index is -0.811. The molecular formula is C24H30O8. The molecule has 1 aromatic carbocycles. The third-order valence-corrected chi connectivity index (χ3v) is 6.58. The largest absolute Gasteiger partial charge is 0.481 e. The van der Waals surface area contributed by atoms with Crippen LogP contribution >= 0.6 is 0 Å². The summed E-state index contributed by atoms with van der Waals surface area (Å²) in [7, 11) is 1.37. The highest BCUT2D eigenvalue weighted by atomic mass is 16.5. The minimum absolute atomic E-state index is 0.153. The van der Waals surface area contributed by atoms with Crippen molar-refractivity contribution < 1.29 is 38.5 Å². The number of rotatable bonds is 6. The van der Waals surface area contributed by atoms with Gasteiger partial charge in [0.05, 0.1) is 30.8 Å². The molecule has 0 radical (unpaired) electrons. The first kappa shape index (κ1) is 23.8. The number of hydrogen-bond acceptors (Lipinski definition) is 7. The average molecular weight is 446 g/mol. The number of aryl methyl sites for hydroxylation is 1. The Morgan fingerprint density at radius 3 is 1.69 bits per heavy atom. The van der Waals surface area contributed by atoms with E-state index in [1.54, 1.807) is 25.1 Å². The van der Waals surface area contributed by atoms with Crippen LogP contribution in [0.5, 0.6) is 11.5 Å². The summed E-state index contributed by atoms with van der Waals surface area (Å²) in [6.45, 7) is 1.77. The van der Waals surface area contributed by atoms with Gasteiger partial charge in [-0.25, -0.2) is 0 Å². The van der Waals surface area contributed by atoms with Crippen LogP contribution in [0.4, 0.5) is 0 Å². The van der Waals surface area contributed by atoms with Gasteiger partial charge < -0.3 is 19.3 Å². The van der Waals surface area contributed by atoms with Crippen LogP contribution in [-0.2, 0) is 23.9 Å². The zero-order valence-corrected chi connectivity index (χ0v) is 18.5. The van der Waals surface area contributed by atoms with Crippen LogP contribution in [0.15, 0.2) is 18.2 Å². The van der Waals surface area contributed by atoms with Gasteiger partial charge >= 0.3 is 23.9 Å². The molecule has 0 heterocycles. The Hall–Kier alpha value is -2.90. The molecule has 2 fully saturated rings. The molecule has 0 aromatic heterocycles. The van der Waals surface area contributed by atoms with Crippen molar-refractivity contribution in [2.75, 3.05) is 7.11 Å². The van der Waals surface area contributed by atoms with E-state index in [2.05, 4.69) is 0 Å². The van der Waals surface area contributed by atoms with Gasteiger partial charge in [0, 0.05) is 0 Å². The number of carbonyl (C=O) groups is 4. The Labute approximate surface area is 187 Å². The van der Waals surface area contributed by atoms with Crippen molar-refractivity contribution in [3.63, 3.8) is 0 Å². The molecule has 0 aliphatic heterocycles. The van der Waals surface area contributed by atoms with E-state index in [-0.39, 0.29) is 41.6 Å². The lowest BCUT2D eigenvalue weighted by Gasteiger charge is -2.25. The van der Waals surface area contributed by atoms with Crippen molar-refractivity contribution in [2.45, 2.75) is 58.3 Å². The van der Waals surface area contributed by atoms with Gasteiger partial charge in [0.2, 0.25) is 0 Å². The molecule has 0 amide bonds. The molecule has 1 N–H and O–H groups in total. The third kappa shape index (κ3) is 5.87. The normalized spacial score (nSPS) is 25.4. The fourth-order valence-electron chi connectivity index (χ4n) is 4.50. The summed E-state index contributed by atoms with van der Waals surface area (Å²) in [5, 5.41) is 9.08. The maximum Gasteiger partial charge on any atom is 0.314 e. The van der Waals surface area contributed by atoms with Crippen molar-refractivity contribution in [3.05, 3.63) is 23.8 Å². The Kier molecular flexibility index (Phi) is 7.88. The molecule has 2 saturated carbocycles. The smallest absolute Gasteiger partial charge is 0.314 e. The van der Waals surface area contributed by atoms with E-state index < -0.39 is 5.97 Å². The molecule has 174 valence electrons. The number of carbonyl (C=O) groups excluding carboxylic acids is 3. The molecule has 0 bridgehead atoms. The van der Waals surface area contributed by atoms with E-state index in [1.807, 2.05) is 0 Å². The number of ether oxygens (including phenoxy) is 3. The first-order valence-corrected chi connectivity index (χ1v) is 11.1. The molecular weight excluding hydrogens is 416 g/mol. The third-order valence-electron chi connectivity index (χ3n) is 6.58. The Morgan fingerprint density at radius 1 is 0.750 bits per heavy atom. The predicted molar refractivity (Wildman–Crippen MR) is 113 cm³/mol. The first-order chi connectivity index (χ1) is 15.3. The van der Waals surface area contributed by atoms with Crippen LogP contribution in [0, 0.1) is 30.6 Å². The number of esters is 3. The van der Waals surface area contributed by atoms with E-state index in [4.69, 9.17) is 19.3 Å². The highest BCUT2D eigenvalue weighted by Gasteiger charge is 2.32. The van der Waals surface area contributed by atoms with E-state index in [9.17, 15) is 19.2 Å². The van der Waals surface area contributed by atoms with Crippen molar-refractivity contribution in [2.24, 2.45) is 23.7 Å². The van der Waals surface area contributed by atoms with Gasteiger partial charge in [0.25, 0.3) is 0 Å². The van der Waals surface area contributed by atoms with Crippen LogP contribution < -0.4 is 9.47 Å². The summed E-state index contributed by atoms with van der Waals surface area (Å²) < 4.78 is 15.8. The van der Waals surface area contributed by atoms with Gasteiger partial charge in [0.1, 0.15) is 11.5 Å². The Balaban J connectivity index is 1.51. The molecule has 2 aliphatic rings. The molecule has 3 rings (SSSR count). The maximum absolute atomic E-state index is 12.5. The van der Waals surface area contributed by atoms with Gasteiger partial charge in [0.15, 0.2) is 0 Å². The monoisotopic (exact) mass is 446 g/mol. The van der Waals surface area contributed by atoms with Crippen molar-refractivity contribution in [1.82, 2.24) is 0 Å². The molecule has 0 saturated heterocycles. The molecule has 8 heteroatoms. The molecule has 8 nitrogen and oxygen atoms in total. The van der Waals surface area contributed by atoms with Crippen molar-refractivity contribution in [1.29, 1.82) is 0 Å². The standard InChI is InChI=1S/C24H30O8/c1-14-13-19(31-23(28)17-9-7-16(8-10-17)22(27)30-2)11-12-20(14)32-24(29)18-5-3-15(4-6-18)21(25)26/h11-13,15-18H,3-10H2,1-2H3,(H,25,26). The fraction of sp³-hybridized carbons (Fsp3) is 0.583. The zero-order chi connectivity index (χ0) is 23.3. The summed E-state index contributed by atoms with van der Waals surface area (Å²) in [5.74, 6) is -2.04. The number of carboxylic acids is 1. The Bertz CT molecular complexity index is 861. The molecule has 2 aliphatic carbocycles. The van der Waals surface area contributed by atoms with Gasteiger partial charge in [-0.2, -0.15) is 0 Å². The van der Waals surface area contributed by atoms with Gasteiger partial charge in [-0.3, -0.25) is 19.2 Å². The lowest BCUT2D eigenvalue weighted by atomic mass is 9.82. The highest BCUT2D eigenvalue weighted by Crippen LogP contribution is 2.33. The minimum Gasteiger partial charge on any atom is -0.481 e. The molecule has 1 aromatic rings. The van der Waals surface area contributed by atoms with E-state index in [1.165, 1.54) is 7.11 Å². The number of methoxy groups -OCH3 is 1. The summed E-state index contributed by atoms with van der Waals surface area (Å²) in [6.07, 6.45) is 4.33. The number of carboxylic acid groups (broad SMARTS) is 1. The van der Waals surface area contributed by atoms with Crippen LogP contribution in [0.2, 0.25) is 0 Å². The van der Waals surface area contributed by atoms with Crippen LogP contribution in [0.25, 0.3) is 0 Å². The van der Waals surface area contributed by atoms with Crippen molar-refractivity contribution in [3.8, 4) is 11.5 Å². The molecule has 32 heavy (non-hydrogen) atoms. The SMILES string of the molecule is COC(=O)C1CCC(C(=O)Oc2ccc(OC(=O)C3CCC(C(=O)O)CC3)c(C)c2)CC1. The summed E-state index contributed by atoms with van der Waals surface area (Å²) in [6, 6.07) is 4.85. The topological polar surface area (TPSA) is 116 Å². The summed E-state index contributed by atoms with van der Waals surface area (Å²) >= 11 is 0. The van der Waals surface area contributed by atoms with E-state index in [0.717, 1.165) is 0 Å². The first-order valence-electron chi connectivity index (χ1n) is 11.1. The van der Waals surface area contributed by atoms with Gasteiger partial charge in [-0.15, -0.1) is 0 Å². The van der Waals surface area contributed by atoms with E-state index >= 15 is 0 Å². The molecule has 0 unspecified atom stereocenters. The molecule has 0 atom stereocenters. The quantitative estimate of drug-likeness (QED) is 0.520. The second-order valence-electron chi connectivity index (χ2n) is 8.73. The van der Waals surface area contributed by atoms with Crippen LogP contribution in [0.1, 0.15) is 56.9 Å². The fourth-order valence-corrected chi connectivity index (χ4v) is 4.50. The average Bonchev–Trinajstić information content (AvgIpc) is 2.80. The number of benzene rings is 1. The van der Waals surface area contributed by atoms with Gasteiger partial charge in [-0.05, 0) is 82.1 Å². The Morgan fingerprint density at radius 2 is 1.22 bits per heavy atom. The second kappa shape index (κ2) is 10.6. The highest BCUT2D eigenvalue weighted by molar-refractivity contribution is 5.78. The summed E-state index contributed by atoms with van der Waals surface area (Å²) in [4.78, 5) is 47.7. The number of hydrogen-bond donors (Lipinski definition) is 1.